The molecule has 0 aromatic carbocycles. The number of hydrogen-bond donors (Lipinski definition) is 1. The van der Waals surface area contributed by atoms with Crippen molar-refractivity contribution in [1.29, 1.82) is 0 Å². The first-order valence-electron chi connectivity index (χ1n) is 6.28. The van der Waals surface area contributed by atoms with Gasteiger partial charge in [0.1, 0.15) is 17.1 Å². The molecule has 20 heavy (non-hydrogen) atoms. The Labute approximate surface area is 118 Å². The number of methoxy groups -OCH3 is 1. The lowest BCUT2D eigenvalue weighted by Crippen LogP contribution is -2.35. The number of alkyl carbamates (subject to hydrolysis) is 1. The number of carbonyl (C=O) groups is 2. The van der Waals surface area contributed by atoms with E-state index in [1.54, 1.807) is 20.8 Å². The first kappa shape index (κ1) is 16.0. The summed E-state index contributed by atoms with van der Waals surface area (Å²) in [7, 11) is 3.10. The molecule has 1 heterocycles. The van der Waals surface area contributed by atoms with Crippen molar-refractivity contribution in [1.82, 2.24) is 10.2 Å². The monoisotopic (exact) mass is 283 g/mol. The van der Waals surface area contributed by atoms with Gasteiger partial charge in [-0.3, -0.25) is 10.3 Å². The van der Waals surface area contributed by atoms with E-state index in [4.69, 9.17) is 4.74 Å². The first-order chi connectivity index (χ1) is 9.23. The topological polar surface area (TPSA) is 80.2 Å². The maximum absolute atomic E-state index is 11.7. The van der Waals surface area contributed by atoms with Crippen LogP contribution in [0, 0.1) is 0 Å². The van der Waals surface area contributed by atoms with Gasteiger partial charge in [-0.2, -0.15) is 0 Å². The number of hydrogen-bond acceptors (Lipinski definition) is 6. The van der Waals surface area contributed by atoms with Crippen LogP contribution in [0.1, 0.15) is 20.8 Å². The van der Waals surface area contributed by atoms with Crippen LogP contribution in [0.5, 0.6) is 0 Å². The van der Waals surface area contributed by atoms with Crippen LogP contribution in [0.4, 0.5) is 4.79 Å². The predicted molar refractivity (Wildman–Crippen MR) is 74.4 cm³/mol. The fourth-order valence-corrected chi connectivity index (χ4v) is 1.50. The molecule has 1 aliphatic rings. The van der Waals surface area contributed by atoms with Crippen molar-refractivity contribution in [3.63, 3.8) is 0 Å². The van der Waals surface area contributed by atoms with E-state index in [2.05, 4.69) is 15.0 Å². The molecule has 0 bridgehead atoms. The predicted octanol–water partition coefficient (Wildman–Crippen LogP) is 0.912. The average Bonchev–Trinajstić information content (AvgIpc) is 2.70. The highest BCUT2D eigenvalue weighted by atomic mass is 16.6. The molecule has 0 unspecified atom stereocenters. The van der Waals surface area contributed by atoms with E-state index in [0.717, 1.165) is 6.54 Å². The van der Waals surface area contributed by atoms with Gasteiger partial charge in [-0.15, -0.1) is 0 Å². The zero-order valence-electron chi connectivity index (χ0n) is 12.5. The minimum Gasteiger partial charge on any atom is -0.464 e. The van der Waals surface area contributed by atoms with Crippen molar-refractivity contribution < 1.29 is 19.1 Å². The molecule has 1 N–H and O–H groups in total. The maximum atomic E-state index is 11.7. The molecule has 112 valence electrons. The van der Waals surface area contributed by atoms with E-state index in [-0.39, 0.29) is 5.70 Å². The van der Waals surface area contributed by atoms with Crippen molar-refractivity contribution in [2.24, 2.45) is 4.99 Å². The van der Waals surface area contributed by atoms with Gasteiger partial charge in [-0.1, -0.05) is 0 Å². The average molecular weight is 283 g/mol. The highest BCUT2D eigenvalue weighted by molar-refractivity contribution is 6.02. The Morgan fingerprint density at radius 3 is 2.50 bits per heavy atom. The summed E-state index contributed by atoms with van der Waals surface area (Å²) in [5.74, 6) is -0.0414. The van der Waals surface area contributed by atoms with E-state index in [9.17, 15) is 9.59 Å². The van der Waals surface area contributed by atoms with E-state index in [0.29, 0.717) is 12.4 Å². The van der Waals surface area contributed by atoms with Crippen molar-refractivity contribution in [3.05, 3.63) is 11.8 Å². The van der Waals surface area contributed by atoms with E-state index in [1.807, 2.05) is 11.9 Å². The van der Waals surface area contributed by atoms with Crippen molar-refractivity contribution in [3.8, 4) is 0 Å². The molecule has 1 aliphatic heterocycles. The smallest absolute Gasteiger partial charge is 0.412 e. The fraction of sp³-hybridized carbons (Fsp3) is 0.615. The molecular formula is C13H21N3O4. The summed E-state index contributed by atoms with van der Waals surface area (Å²) < 4.78 is 9.74. The lowest BCUT2D eigenvalue weighted by Gasteiger charge is -2.20. The molecular weight excluding hydrogens is 262 g/mol. The first-order valence-corrected chi connectivity index (χ1v) is 6.28. The molecule has 0 atom stereocenters. The maximum Gasteiger partial charge on any atom is 0.412 e. The molecule has 7 heteroatoms. The van der Waals surface area contributed by atoms with Crippen LogP contribution in [-0.4, -0.2) is 55.6 Å². The van der Waals surface area contributed by atoms with Gasteiger partial charge >= 0.3 is 12.1 Å². The summed E-state index contributed by atoms with van der Waals surface area (Å²) >= 11 is 0. The lowest BCUT2D eigenvalue weighted by atomic mass is 10.2. The van der Waals surface area contributed by atoms with Crippen LogP contribution >= 0.6 is 0 Å². The van der Waals surface area contributed by atoms with E-state index in [1.165, 1.54) is 13.2 Å². The largest absolute Gasteiger partial charge is 0.464 e. The van der Waals surface area contributed by atoms with Crippen LogP contribution in [0.3, 0.4) is 0 Å². The number of aliphatic imine (C=N–C) groups is 1. The number of carbonyl (C=O) groups excluding carboxylic acids is 2. The standard InChI is InChI=1S/C13H21N3O4/c1-13(2,3)20-12(18)15-9(11(17)19-5)8-10-14-6-7-16(10)4/h8H,6-7H2,1-5H3,(H,15,18)/b9-8+. The number of rotatable bonds is 3. The summed E-state index contributed by atoms with van der Waals surface area (Å²) in [5.41, 5.74) is -0.651. The number of amidine groups is 1. The van der Waals surface area contributed by atoms with Crippen LogP contribution in [0.2, 0.25) is 0 Å². The zero-order valence-corrected chi connectivity index (χ0v) is 12.5. The Morgan fingerprint density at radius 2 is 2.05 bits per heavy atom. The van der Waals surface area contributed by atoms with E-state index >= 15 is 0 Å². The second kappa shape index (κ2) is 6.40. The number of nitrogens with zero attached hydrogens (tertiary/aromatic N) is 2. The second-order valence-electron chi connectivity index (χ2n) is 5.34. The number of ether oxygens (including phenoxy) is 2. The van der Waals surface area contributed by atoms with Crippen molar-refractivity contribution in [2.45, 2.75) is 26.4 Å². The van der Waals surface area contributed by atoms with Crippen LogP contribution in [0.25, 0.3) is 0 Å². The normalized spacial score (nSPS) is 15.8. The Hall–Kier alpha value is -2.05. The Morgan fingerprint density at radius 1 is 1.40 bits per heavy atom. The van der Waals surface area contributed by atoms with Gasteiger partial charge in [0.2, 0.25) is 0 Å². The highest BCUT2D eigenvalue weighted by Gasteiger charge is 2.21. The summed E-state index contributed by atoms with van der Waals surface area (Å²) in [6.07, 6.45) is 0.762. The van der Waals surface area contributed by atoms with E-state index < -0.39 is 17.7 Å². The third-order valence-corrected chi connectivity index (χ3v) is 2.41. The highest BCUT2D eigenvalue weighted by Crippen LogP contribution is 2.08. The Bertz CT molecular complexity index is 449. The second-order valence-corrected chi connectivity index (χ2v) is 5.34. The molecule has 7 nitrogen and oxygen atoms in total. The molecule has 0 aromatic heterocycles. The quantitative estimate of drug-likeness (QED) is 0.615. The van der Waals surface area contributed by atoms with Crippen molar-refractivity contribution in [2.75, 3.05) is 27.2 Å². The summed E-state index contributed by atoms with van der Waals surface area (Å²) in [5, 5.41) is 2.39. The Kier molecular flexibility index (Phi) is 5.12. The lowest BCUT2D eigenvalue weighted by molar-refractivity contribution is -0.136. The van der Waals surface area contributed by atoms with Gasteiger partial charge in [0, 0.05) is 19.7 Å². The summed E-state index contributed by atoms with van der Waals surface area (Å²) in [6.45, 7) is 6.64. The summed E-state index contributed by atoms with van der Waals surface area (Å²) in [4.78, 5) is 29.5. The van der Waals surface area contributed by atoms with Gasteiger partial charge in [0.25, 0.3) is 0 Å². The summed E-state index contributed by atoms with van der Waals surface area (Å²) in [6, 6.07) is 0. The van der Waals surface area contributed by atoms with Crippen LogP contribution < -0.4 is 5.32 Å². The van der Waals surface area contributed by atoms with Gasteiger partial charge in [-0.05, 0) is 20.8 Å². The van der Waals surface area contributed by atoms with Crippen LogP contribution in [-0.2, 0) is 14.3 Å². The number of esters is 1. The van der Waals surface area contributed by atoms with Crippen LogP contribution in [0.15, 0.2) is 16.8 Å². The number of amides is 1. The fourth-order valence-electron chi connectivity index (χ4n) is 1.50. The van der Waals surface area contributed by atoms with Gasteiger partial charge in [-0.25, -0.2) is 9.59 Å². The van der Waals surface area contributed by atoms with Gasteiger partial charge < -0.3 is 14.4 Å². The molecule has 0 saturated heterocycles. The third kappa shape index (κ3) is 4.91. The zero-order chi connectivity index (χ0) is 15.3. The molecule has 0 fully saturated rings. The SMILES string of the molecule is COC(=O)/C(=C\C1=NCCN1C)NC(=O)OC(C)(C)C. The number of nitrogens with one attached hydrogen (secondary N) is 1. The molecule has 0 radical (unpaired) electrons. The molecule has 0 saturated carbocycles. The molecule has 0 aliphatic carbocycles. The van der Waals surface area contributed by atoms with Gasteiger partial charge in [0.15, 0.2) is 0 Å². The Balaban J connectivity index is 2.83. The molecule has 0 spiro atoms. The van der Waals surface area contributed by atoms with Crippen molar-refractivity contribution >= 4 is 17.9 Å². The number of likely N-dealkylation sites (N-methyl/N-ethyl adjacent to an activating group) is 1. The minimum atomic E-state index is -0.713. The molecule has 1 rings (SSSR count). The minimum absolute atomic E-state index is 0.00532. The molecule has 0 aromatic rings. The molecule has 1 amide bonds. The third-order valence-electron chi connectivity index (χ3n) is 2.41. The van der Waals surface area contributed by atoms with Gasteiger partial charge in [0.05, 0.1) is 13.7 Å².